The van der Waals surface area contributed by atoms with Crippen LogP contribution in [0.25, 0.3) is 16.7 Å². The maximum Gasteiger partial charge on any atom is 0.340 e. The second-order valence-corrected chi connectivity index (χ2v) is 7.23. The van der Waals surface area contributed by atoms with Crippen molar-refractivity contribution in [2.75, 3.05) is 26.6 Å². The number of para-hydroxylation sites is 1. The lowest BCUT2D eigenvalue weighted by Crippen LogP contribution is -2.16. The van der Waals surface area contributed by atoms with Gasteiger partial charge < -0.3 is 19.5 Å². The number of aromatic nitrogens is 2. The van der Waals surface area contributed by atoms with E-state index in [-0.39, 0.29) is 11.3 Å². The molecule has 0 spiro atoms. The minimum atomic E-state index is -0.612. The van der Waals surface area contributed by atoms with Gasteiger partial charge in [-0.2, -0.15) is 0 Å². The standard InChI is InChI=1S/C25H23N3O5/c1-15-26-20-12-16(10-11-21(20)28(15)17-8-6-5-7-9-17)24(29)27-19-14-23(32-3)22(31-2)13-18(19)25(30)33-4/h5-14H,1-4H3,(H,27,29). The number of imidazole rings is 1. The zero-order valence-corrected chi connectivity index (χ0v) is 18.7. The summed E-state index contributed by atoms with van der Waals surface area (Å²) < 4.78 is 17.4. The number of anilines is 1. The van der Waals surface area contributed by atoms with Crippen LogP contribution in [0.1, 0.15) is 26.5 Å². The molecule has 0 saturated heterocycles. The number of amides is 1. The maximum atomic E-state index is 13.1. The fourth-order valence-corrected chi connectivity index (χ4v) is 3.70. The van der Waals surface area contributed by atoms with Crippen LogP contribution >= 0.6 is 0 Å². The number of rotatable bonds is 6. The molecule has 0 aliphatic heterocycles. The highest BCUT2D eigenvalue weighted by molar-refractivity contribution is 6.09. The van der Waals surface area contributed by atoms with Gasteiger partial charge in [-0.05, 0) is 37.3 Å². The fourth-order valence-electron chi connectivity index (χ4n) is 3.70. The highest BCUT2D eigenvalue weighted by atomic mass is 16.5. The van der Waals surface area contributed by atoms with E-state index in [1.165, 1.54) is 33.5 Å². The molecule has 1 N–H and O–H groups in total. The van der Waals surface area contributed by atoms with Crippen molar-refractivity contribution in [3.05, 3.63) is 77.6 Å². The molecule has 0 bridgehead atoms. The van der Waals surface area contributed by atoms with E-state index in [4.69, 9.17) is 14.2 Å². The minimum Gasteiger partial charge on any atom is -0.493 e. The van der Waals surface area contributed by atoms with Crippen molar-refractivity contribution in [1.29, 1.82) is 0 Å². The maximum absolute atomic E-state index is 13.1. The quantitative estimate of drug-likeness (QED) is 0.443. The number of ether oxygens (including phenoxy) is 3. The van der Waals surface area contributed by atoms with Crippen molar-refractivity contribution in [2.24, 2.45) is 0 Å². The number of hydrogen-bond donors (Lipinski definition) is 1. The first-order chi connectivity index (χ1) is 16.0. The van der Waals surface area contributed by atoms with Crippen LogP contribution in [0.15, 0.2) is 60.7 Å². The number of carbonyl (C=O) groups excluding carboxylic acids is 2. The molecule has 4 rings (SSSR count). The van der Waals surface area contributed by atoms with Gasteiger partial charge in [-0.25, -0.2) is 9.78 Å². The van der Waals surface area contributed by atoms with Gasteiger partial charge >= 0.3 is 5.97 Å². The van der Waals surface area contributed by atoms with Crippen LogP contribution in [-0.2, 0) is 4.74 Å². The average Bonchev–Trinajstić information content (AvgIpc) is 3.18. The molecule has 0 radical (unpaired) electrons. The van der Waals surface area contributed by atoms with Crippen LogP contribution in [0.3, 0.4) is 0 Å². The lowest BCUT2D eigenvalue weighted by atomic mass is 10.1. The summed E-state index contributed by atoms with van der Waals surface area (Å²) in [6, 6.07) is 18.2. The molecule has 8 heteroatoms. The Morgan fingerprint density at radius 3 is 2.27 bits per heavy atom. The Bertz CT molecular complexity index is 1350. The number of hydrogen-bond acceptors (Lipinski definition) is 6. The number of esters is 1. The molecule has 168 valence electrons. The Balaban J connectivity index is 1.71. The summed E-state index contributed by atoms with van der Waals surface area (Å²) in [5.74, 6) is 0.508. The molecule has 8 nitrogen and oxygen atoms in total. The Morgan fingerprint density at radius 1 is 0.909 bits per heavy atom. The van der Waals surface area contributed by atoms with Crippen molar-refractivity contribution >= 4 is 28.6 Å². The smallest absolute Gasteiger partial charge is 0.340 e. The van der Waals surface area contributed by atoms with E-state index >= 15 is 0 Å². The van der Waals surface area contributed by atoms with Gasteiger partial charge in [0.15, 0.2) is 11.5 Å². The van der Waals surface area contributed by atoms with Crippen LogP contribution in [0.4, 0.5) is 5.69 Å². The normalized spacial score (nSPS) is 10.7. The molecule has 0 fully saturated rings. The van der Waals surface area contributed by atoms with Gasteiger partial charge in [-0.3, -0.25) is 9.36 Å². The topological polar surface area (TPSA) is 91.7 Å². The molecule has 0 aliphatic rings. The summed E-state index contributed by atoms with van der Waals surface area (Å²) in [6.45, 7) is 1.92. The van der Waals surface area contributed by atoms with E-state index in [0.717, 1.165) is 17.0 Å². The largest absolute Gasteiger partial charge is 0.493 e. The number of aryl methyl sites for hydroxylation is 1. The first-order valence-corrected chi connectivity index (χ1v) is 10.2. The highest BCUT2D eigenvalue weighted by Gasteiger charge is 2.20. The molecule has 1 aromatic heterocycles. The zero-order chi connectivity index (χ0) is 23.5. The van der Waals surface area contributed by atoms with Crippen LogP contribution in [0.5, 0.6) is 11.5 Å². The minimum absolute atomic E-state index is 0.147. The molecule has 1 amide bonds. The average molecular weight is 445 g/mol. The molecule has 0 aliphatic carbocycles. The second-order valence-electron chi connectivity index (χ2n) is 7.23. The Morgan fingerprint density at radius 2 is 1.61 bits per heavy atom. The summed E-state index contributed by atoms with van der Waals surface area (Å²) in [4.78, 5) is 30.0. The number of nitrogens with one attached hydrogen (secondary N) is 1. The van der Waals surface area contributed by atoms with Crippen LogP contribution in [0.2, 0.25) is 0 Å². The number of carbonyl (C=O) groups is 2. The van der Waals surface area contributed by atoms with Crippen LogP contribution in [-0.4, -0.2) is 42.8 Å². The Labute approximate surface area is 190 Å². The van der Waals surface area contributed by atoms with Gasteiger partial charge in [0.25, 0.3) is 5.91 Å². The summed E-state index contributed by atoms with van der Waals surface area (Å²) in [5, 5.41) is 2.78. The van der Waals surface area contributed by atoms with Gasteiger partial charge in [0.2, 0.25) is 0 Å². The first-order valence-electron chi connectivity index (χ1n) is 10.2. The highest BCUT2D eigenvalue weighted by Crippen LogP contribution is 2.34. The van der Waals surface area contributed by atoms with Gasteiger partial charge in [-0.1, -0.05) is 18.2 Å². The molecule has 3 aromatic carbocycles. The lowest BCUT2D eigenvalue weighted by molar-refractivity contribution is 0.0601. The van der Waals surface area contributed by atoms with E-state index < -0.39 is 11.9 Å². The molecular weight excluding hydrogens is 422 g/mol. The van der Waals surface area contributed by atoms with Crippen molar-refractivity contribution in [3.8, 4) is 17.2 Å². The fraction of sp³-hybridized carbons (Fsp3) is 0.160. The molecule has 1 heterocycles. The van der Waals surface area contributed by atoms with Gasteiger partial charge in [0.1, 0.15) is 5.82 Å². The monoisotopic (exact) mass is 445 g/mol. The zero-order valence-electron chi connectivity index (χ0n) is 18.7. The van der Waals surface area contributed by atoms with E-state index in [9.17, 15) is 9.59 Å². The van der Waals surface area contributed by atoms with E-state index in [0.29, 0.717) is 22.6 Å². The van der Waals surface area contributed by atoms with Crippen LogP contribution in [0, 0.1) is 6.92 Å². The lowest BCUT2D eigenvalue weighted by Gasteiger charge is -2.14. The van der Waals surface area contributed by atoms with Crippen molar-refractivity contribution in [1.82, 2.24) is 9.55 Å². The number of fused-ring (bicyclic) bond motifs is 1. The SMILES string of the molecule is COC(=O)c1cc(OC)c(OC)cc1NC(=O)c1ccc2c(c1)nc(C)n2-c1ccccc1. The number of methoxy groups -OCH3 is 3. The Kier molecular flexibility index (Phi) is 5.99. The second kappa shape index (κ2) is 9.04. The van der Waals surface area contributed by atoms with Crippen LogP contribution < -0.4 is 14.8 Å². The number of nitrogens with zero attached hydrogens (tertiary/aromatic N) is 2. The summed E-state index contributed by atoms with van der Waals surface area (Å²) in [5.41, 5.74) is 3.35. The number of benzene rings is 3. The predicted octanol–water partition coefficient (Wildman–Crippen LogP) is 4.39. The van der Waals surface area contributed by atoms with Crippen molar-refractivity contribution < 1.29 is 23.8 Å². The molecule has 0 atom stereocenters. The first kappa shape index (κ1) is 21.9. The summed E-state index contributed by atoms with van der Waals surface area (Å²) >= 11 is 0. The molecular formula is C25H23N3O5. The van der Waals surface area contributed by atoms with Crippen molar-refractivity contribution in [2.45, 2.75) is 6.92 Å². The molecule has 0 unspecified atom stereocenters. The summed E-state index contributed by atoms with van der Waals surface area (Å²) in [6.07, 6.45) is 0. The van der Waals surface area contributed by atoms with Gasteiger partial charge in [0, 0.05) is 23.4 Å². The molecule has 0 saturated carbocycles. The third kappa shape index (κ3) is 4.10. The van der Waals surface area contributed by atoms with E-state index in [1.807, 2.05) is 47.9 Å². The van der Waals surface area contributed by atoms with E-state index in [1.54, 1.807) is 12.1 Å². The van der Waals surface area contributed by atoms with Gasteiger partial charge in [0.05, 0.1) is 43.6 Å². The third-order valence-electron chi connectivity index (χ3n) is 5.28. The summed E-state index contributed by atoms with van der Waals surface area (Å²) in [7, 11) is 4.20. The third-order valence-corrected chi connectivity index (χ3v) is 5.28. The predicted molar refractivity (Wildman–Crippen MR) is 125 cm³/mol. The Hall–Kier alpha value is -4.33. The van der Waals surface area contributed by atoms with Gasteiger partial charge in [-0.15, -0.1) is 0 Å². The van der Waals surface area contributed by atoms with E-state index in [2.05, 4.69) is 10.3 Å². The van der Waals surface area contributed by atoms with Crippen molar-refractivity contribution in [3.63, 3.8) is 0 Å². The molecule has 4 aromatic rings. The molecule has 33 heavy (non-hydrogen) atoms.